The lowest BCUT2D eigenvalue weighted by molar-refractivity contribution is -0.124. The highest BCUT2D eigenvalue weighted by Crippen LogP contribution is 2.12. The van der Waals surface area contributed by atoms with Gasteiger partial charge in [0.25, 0.3) is 0 Å². The summed E-state index contributed by atoms with van der Waals surface area (Å²) in [6.07, 6.45) is 3.66. The summed E-state index contributed by atoms with van der Waals surface area (Å²) in [5, 5.41) is 3.22. The second kappa shape index (κ2) is 9.34. The molecule has 0 aromatic carbocycles. The summed E-state index contributed by atoms with van der Waals surface area (Å²) < 4.78 is 5.54. The summed E-state index contributed by atoms with van der Waals surface area (Å²) in [6.45, 7) is 10.6. The highest BCUT2D eigenvalue weighted by molar-refractivity contribution is 5.84. The molecule has 0 aromatic heterocycles. The maximum absolute atomic E-state index is 11.5. The fourth-order valence-electron chi connectivity index (χ4n) is 1.65. The number of rotatable bonds is 11. The lowest BCUT2D eigenvalue weighted by Gasteiger charge is -2.27. The van der Waals surface area contributed by atoms with Gasteiger partial charge in [0.15, 0.2) is 0 Å². The third-order valence-corrected chi connectivity index (χ3v) is 3.11. The Morgan fingerprint density at radius 3 is 2.56 bits per heavy atom. The fourth-order valence-corrected chi connectivity index (χ4v) is 1.65. The number of ether oxygens (including phenoxy) is 1. The third-order valence-electron chi connectivity index (χ3n) is 3.11. The van der Waals surface area contributed by atoms with E-state index in [4.69, 9.17) is 10.5 Å². The first kappa shape index (κ1) is 17.4. The minimum absolute atomic E-state index is 0.280. The monoisotopic (exact) mass is 258 g/mol. The Morgan fingerprint density at radius 1 is 1.39 bits per heavy atom. The average Bonchev–Trinajstić information content (AvgIpc) is 2.30. The normalized spacial score (nSPS) is 14.7. The molecule has 0 aliphatic carbocycles. The first-order valence-electron chi connectivity index (χ1n) is 7.05. The molecule has 1 amide bonds. The van der Waals surface area contributed by atoms with Gasteiger partial charge in [0, 0.05) is 13.2 Å². The number of nitrogens with two attached hydrogens (primary N) is 1. The van der Waals surface area contributed by atoms with Crippen LogP contribution in [-0.4, -0.2) is 31.2 Å². The van der Waals surface area contributed by atoms with Crippen LogP contribution in [-0.2, 0) is 9.53 Å². The van der Waals surface area contributed by atoms with Crippen LogP contribution in [0.1, 0.15) is 53.4 Å². The first-order valence-corrected chi connectivity index (χ1v) is 7.05. The van der Waals surface area contributed by atoms with Crippen molar-refractivity contribution in [3.8, 4) is 0 Å². The van der Waals surface area contributed by atoms with Crippen molar-refractivity contribution in [1.82, 2.24) is 5.32 Å². The van der Waals surface area contributed by atoms with Crippen LogP contribution in [0, 0.1) is 5.92 Å². The molecule has 4 heteroatoms. The second-order valence-corrected chi connectivity index (χ2v) is 5.52. The van der Waals surface area contributed by atoms with Crippen LogP contribution >= 0.6 is 0 Å². The van der Waals surface area contributed by atoms with E-state index in [9.17, 15) is 4.79 Å². The highest BCUT2D eigenvalue weighted by atomic mass is 16.5. The molecule has 0 bridgehead atoms. The van der Waals surface area contributed by atoms with Gasteiger partial charge in [-0.15, -0.1) is 0 Å². The molecular formula is C14H30N2O2. The Balaban J connectivity index is 3.80. The SMILES string of the molecule is CCCNC(C)(CCCOCCC(C)C)C(N)=O. The van der Waals surface area contributed by atoms with Crippen molar-refractivity contribution in [2.45, 2.75) is 58.9 Å². The third kappa shape index (κ3) is 7.67. The Hall–Kier alpha value is -0.610. The molecule has 1 unspecified atom stereocenters. The molecule has 1 atom stereocenters. The van der Waals surface area contributed by atoms with Crippen molar-refractivity contribution in [1.29, 1.82) is 0 Å². The molecule has 0 aliphatic heterocycles. The predicted octanol–water partition coefficient (Wildman–Crippen LogP) is 2.07. The van der Waals surface area contributed by atoms with Crippen LogP contribution in [0.4, 0.5) is 0 Å². The van der Waals surface area contributed by atoms with Crippen LogP contribution in [0.3, 0.4) is 0 Å². The largest absolute Gasteiger partial charge is 0.381 e. The fraction of sp³-hybridized carbons (Fsp3) is 0.929. The van der Waals surface area contributed by atoms with Gasteiger partial charge in [0.2, 0.25) is 5.91 Å². The smallest absolute Gasteiger partial charge is 0.237 e. The molecule has 0 heterocycles. The summed E-state index contributed by atoms with van der Waals surface area (Å²) in [5.41, 5.74) is 4.85. The van der Waals surface area contributed by atoms with E-state index in [0.29, 0.717) is 12.5 Å². The van der Waals surface area contributed by atoms with Gasteiger partial charge in [-0.05, 0) is 45.1 Å². The Labute approximate surface area is 112 Å². The highest BCUT2D eigenvalue weighted by Gasteiger charge is 2.29. The van der Waals surface area contributed by atoms with Gasteiger partial charge in [-0.3, -0.25) is 4.79 Å². The molecule has 4 nitrogen and oxygen atoms in total. The van der Waals surface area contributed by atoms with Crippen LogP contribution in [0.15, 0.2) is 0 Å². The zero-order valence-electron chi connectivity index (χ0n) is 12.4. The lowest BCUT2D eigenvalue weighted by Crippen LogP contribution is -2.53. The number of carbonyl (C=O) groups is 1. The molecule has 0 aliphatic rings. The molecule has 3 N–H and O–H groups in total. The first-order chi connectivity index (χ1) is 8.42. The molecule has 0 fully saturated rings. The van der Waals surface area contributed by atoms with Crippen LogP contribution in [0.5, 0.6) is 0 Å². The second-order valence-electron chi connectivity index (χ2n) is 5.52. The van der Waals surface area contributed by atoms with Crippen molar-refractivity contribution < 1.29 is 9.53 Å². The topological polar surface area (TPSA) is 64.3 Å². The molecular weight excluding hydrogens is 228 g/mol. The lowest BCUT2D eigenvalue weighted by atomic mass is 9.95. The maximum atomic E-state index is 11.5. The quantitative estimate of drug-likeness (QED) is 0.558. The number of hydrogen-bond acceptors (Lipinski definition) is 3. The molecule has 0 spiro atoms. The van der Waals surface area contributed by atoms with Crippen LogP contribution < -0.4 is 11.1 Å². The van der Waals surface area contributed by atoms with Gasteiger partial charge in [-0.25, -0.2) is 0 Å². The summed E-state index contributed by atoms with van der Waals surface area (Å²) in [5.74, 6) is 0.394. The number of primary amides is 1. The van der Waals surface area contributed by atoms with E-state index in [2.05, 4.69) is 26.1 Å². The van der Waals surface area contributed by atoms with Crippen molar-refractivity contribution in [2.75, 3.05) is 19.8 Å². The van der Waals surface area contributed by atoms with Crippen molar-refractivity contribution in [2.24, 2.45) is 11.7 Å². The number of carbonyl (C=O) groups excluding carboxylic acids is 1. The molecule has 108 valence electrons. The minimum Gasteiger partial charge on any atom is -0.381 e. The van der Waals surface area contributed by atoms with Gasteiger partial charge in [-0.1, -0.05) is 20.8 Å². The van der Waals surface area contributed by atoms with E-state index in [1.807, 2.05) is 6.92 Å². The zero-order chi connectivity index (χ0) is 14.0. The van der Waals surface area contributed by atoms with Crippen molar-refractivity contribution >= 4 is 5.91 Å². The molecule has 0 saturated carbocycles. The number of nitrogens with one attached hydrogen (secondary N) is 1. The Kier molecular flexibility index (Phi) is 9.02. The minimum atomic E-state index is -0.600. The van der Waals surface area contributed by atoms with E-state index in [1.54, 1.807) is 0 Å². The predicted molar refractivity (Wildman–Crippen MR) is 75.4 cm³/mol. The Bertz CT molecular complexity index is 232. The van der Waals surface area contributed by atoms with E-state index < -0.39 is 5.54 Å². The van der Waals surface area contributed by atoms with Gasteiger partial charge in [0.05, 0.1) is 5.54 Å². The van der Waals surface area contributed by atoms with Crippen LogP contribution in [0.2, 0.25) is 0 Å². The van der Waals surface area contributed by atoms with Gasteiger partial charge in [0.1, 0.15) is 0 Å². The average molecular weight is 258 g/mol. The van der Waals surface area contributed by atoms with E-state index >= 15 is 0 Å². The van der Waals surface area contributed by atoms with E-state index in [-0.39, 0.29) is 5.91 Å². The van der Waals surface area contributed by atoms with Crippen molar-refractivity contribution in [3.63, 3.8) is 0 Å². The number of amides is 1. The number of hydrogen-bond donors (Lipinski definition) is 2. The summed E-state index contributed by atoms with van der Waals surface area (Å²) in [4.78, 5) is 11.5. The van der Waals surface area contributed by atoms with Gasteiger partial charge in [-0.2, -0.15) is 0 Å². The summed E-state index contributed by atoms with van der Waals surface area (Å²) in [6, 6.07) is 0. The summed E-state index contributed by atoms with van der Waals surface area (Å²) >= 11 is 0. The van der Waals surface area contributed by atoms with Crippen molar-refractivity contribution in [3.05, 3.63) is 0 Å². The zero-order valence-corrected chi connectivity index (χ0v) is 12.4. The Morgan fingerprint density at radius 2 is 2.06 bits per heavy atom. The van der Waals surface area contributed by atoms with Gasteiger partial charge < -0.3 is 15.8 Å². The maximum Gasteiger partial charge on any atom is 0.237 e. The van der Waals surface area contributed by atoms with E-state index in [1.165, 1.54) is 0 Å². The van der Waals surface area contributed by atoms with Crippen LogP contribution in [0.25, 0.3) is 0 Å². The van der Waals surface area contributed by atoms with Gasteiger partial charge >= 0.3 is 0 Å². The molecule has 0 rings (SSSR count). The summed E-state index contributed by atoms with van der Waals surface area (Å²) in [7, 11) is 0. The molecule has 0 radical (unpaired) electrons. The molecule has 18 heavy (non-hydrogen) atoms. The van der Waals surface area contributed by atoms with E-state index in [0.717, 1.165) is 38.8 Å². The standard InChI is InChI=1S/C14H30N2O2/c1-5-9-16-14(4,13(15)17)8-6-10-18-11-7-12(2)3/h12,16H,5-11H2,1-4H3,(H2,15,17). The molecule has 0 saturated heterocycles. The molecule has 0 aromatic rings.